The van der Waals surface area contributed by atoms with Gasteiger partial charge in [0.25, 0.3) is 5.91 Å². The van der Waals surface area contributed by atoms with E-state index in [1.54, 1.807) is 20.3 Å². The van der Waals surface area contributed by atoms with Crippen molar-refractivity contribution in [3.05, 3.63) is 70.3 Å². The van der Waals surface area contributed by atoms with E-state index in [1.807, 2.05) is 25.1 Å². The van der Waals surface area contributed by atoms with Crippen LogP contribution in [0.4, 0.5) is 10.5 Å². The van der Waals surface area contributed by atoms with Gasteiger partial charge in [0, 0.05) is 55.3 Å². The van der Waals surface area contributed by atoms with E-state index in [0.29, 0.717) is 42.8 Å². The van der Waals surface area contributed by atoms with E-state index in [0.717, 1.165) is 62.3 Å². The van der Waals surface area contributed by atoms with Crippen LogP contribution in [0.25, 0.3) is 0 Å². The zero-order valence-corrected chi connectivity index (χ0v) is 30.8. The smallest absolute Gasteiger partial charge is 0.327 e. The Kier molecular flexibility index (Phi) is 10.2. The van der Waals surface area contributed by atoms with E-state index in [2.05, 4.69) is 43.6 Å². The number of carbonyl (C=O) groups is 2. The number of allylic oxidation sites excluding steroid dienone is 1. The number of amides is 3. The minimum absolute atomic E-state index is 0.0263. The van der Waals surface area contributed by atoms with E-state index in [1.165, 1.54) is 11.1 Å². The lowest BCUT2D eigenvalue weighted by Crippen LogP contribution is -2.49. The Labute approximate surface area is 300 Å². The number of nitrogens with zero attached hydrogens (tertiary/aromatic N) is 2. The maximum absolute atomic E-state index is 14.4. The lowest BCUT2D eigenvalue weighted by molar-refractivity contribution is 0.0131. The lowest BCUT2D eigenvalue weighted by Gasteiger charge is -2.46. The second-order valence-electron chi connectivity index (χ2n) is 15.1. The fourth-order valence-corrected chi connectivity index (χ4v) is 10.6. The molecule has 2 aromatic rings. The number of carbonyl (C=O) groups excluding carboxylic acids is 2. The number of anilines is 1. The van der Waals surface area contributed by atoms with Crippen LogP contribution in [0.5, 0.6) is 5.75 Å². The van der Waals surface area contributed by atoms with E-state index < -0.39 is 21.9 Å². The number of hydrogen-bond donors (Lipinski definition) is 2. The average Bonchev–Trinajstić information content (AvgIpc) is 3.82. The van der Waals surface area contributed by atoms with Crippen LogP contribution in [-0.4, -0.2) is 74.6 Å². The lowest BCUT2D eigenvalue weighted by atomic mass is 9.68. The van der Waals surface area contributed by atoms with Crippen LogP contribution in [0, 0.1) is 23.7 Å². The van der Waals surface area contributed by atoms with Crippen LogP contribution in [0.2, 0.25) is 5.02 Å². The van der Waals surface area contributed by atoms with Crippen molar-refractivity contribution in [2.75, 3.05) is 51.2 Å². The summed E-state index contributed by atoms with van der Waals surface area (Å²) < 4.78 is 39.2. The number of fused-ring (bicyclic) bond motifs is 4. The Balaban J connectivity index is 1.26. The van der Waals surface area contributed by atoms with Gasteiger partial charge in [-0.25, -0.2) is 9.00 Å². The second-order valence-corrected chi connectivity index (χ2v) is 17.5. The molecule has 0 unspecified atom stereocenters. The maximum atomic E-state index is 14.4. The molecule has 2 fully saturated rings. The highest BCUT2D eigenvalue weighted by Gasteiger charge is 2.44. The molecule has 7 rings (SSSR count). The van der Waals surface area contributed by atoms with Crippen molar-refractivity contribution in [1.82, 2.24) is 10.0 Å². The molecule has 3 aliphatic carbocycles. The number of halogens is 1. The first-order valence-corrected chi connectivity index (χ1v) is 20.0. The van der Waals surface area contributed by atoms with Gasteiger partial charge in [0.05, 0.1) is 30.8 Å². The van der Waals surface area contributed by atoms with Crippen LogP contribution in [0.15, 0.2) is 52.9 Å². The first-order valence-electron chi connectivity index (χ1n) is 17.9. The molecule has 2 heterocycles. The quantitative estimate of drug-likeness (QED) is 0.347. The predicted octanol–water partition coefficient (Wildman–Crippen LogP) is 6.31. The summed E-state index contributed by atoms with van der Waals surface area (Å²) in [6.07, 6.45) is 10.7. The highest BCUT2D eigenvalue weighted by molar-refractivity contribution is 7.92. The summed E-state index contributed by atoms with van der Waals surface area (Å²) in [5, 5.41) is 3.62. The molecule has 2 aliphatic heterocycles. The molecular formula is C38H49ClN4O6S. The molecule has 50 heavy (non-hydrogen) atoms. The van der Waals surface area contributed by atoms with E-state index in [9.17, 15) is 13.8 Å². The number of benzene rings is 2. The predicted molar refractivity (Wildman–Crippen MR) is 195 cm³/mol. The molecular weight excluding hydrogens is 676 g/mol. The molecule has 1 spiro atoms. The molecule has 12 heteroatoms. The maximum Gasteiger partial charge on any atom is 0.327 e. The van der Waals surface area contributed by atoms with Crippen molar-refractivity contribution in [2.45, 2.75) is 69.4 Å². The Morgan fingerprint density at radius 3 is 2.84 bits per heavy atom. The van der Waals surface area contributed by atoms with Gasteiger partial charge in [-0.3, -0.25) is 9.52 Å². The van der Waals surface area contributed by atoms with Crippen LogP contribution < -0.4 is 19.7 Å². The third-order valence-electron chi connectivity index (χ3n) is 11.4. The standard InChI is InChI=1S/C38H49ClN4O6S/c1-24-6-4-8-34(48-3)30-12-9-27(30)19-43-22-38(15-5-7-25-16-29(39)11-13-31(25)38)23-49-35-14-10-26(18-33(35)43)36(44)41-50(46,21-24)42-37(45)40-32-17-28(32)20-47-2/h4,8,10-11,13-14,16,18,24,27-28,30,32,34H,5-7,9,12,15,17,19-23H2,1-3H3,(H2,40,41,42,44,45,46)/b8-4+/t24-,27-,28+,30+,32+,34-,38-,50-/m0/s1. The summed E-state index contributed by atoms with van der Waals surface area (Å²) in [5.74, 6) is 0.941. The summed E-state index contributed by atoms with van der Waals surface area (Å²) in [6.45, 7) is 4.52. The van der Waals surface area contributed by atoms with Gasteiger partial charge < -0.3 is 24.4 Å². The van der Waals surface area contributed by atoms with Gasteiger partial charge in [0.1, 0.15) is 15.7 Å². The number of ether oxygens (including phenoxy) is 3. The van der Waals surface area contributed by atoms with Crippen molar-refractivity contribution in [3.63, 3.8) is 0 Å². The number of urea groups is 1. The number of hydrogen-bond acceptors (Lipinski definition) is 7. The van der Waals surface area contributed by atoms with Crippen LogP contribution in [-0.2, 0) is 31.2 Å². The van der Waals surface area contributed by atoms with E-state index in [4.69, 9.17) is 25.8 Å². The molecule has 2 N–H and O–H groups in total. The molecule has 270 valence electrons. The summed E-state index contributed by atoms with van der Waals surface area (Å²) in [7, 11) is -0.0843. The minimum atomic E-state index is -3.48. The molecule has 0 radical (unpaired) electrons. The summed E-state index contributed by atoms with van der Waals surface area (Å²) in [5.41, 5.74) is 3.43. The highest BCUT2D eigenvalue weighted by atomic mass is 35.5. The van der Waals surface area contributed by atoms with Gasteiger partial charge in [0.15, 0.2) is 0 Å². The van der Waals surface area contributed by atoms with Crippen LogP contribution >= 0.6 is 11.6 Å². The van der Waals surface area contributed by atoms with Crippen molar-refractivity contribution in [3.8, 4) is 5.75 Å². The molecule has 2 bridgehead atoms. The number of methoxy groups -OCH3 is 2. The van der Waals surface area contributed by atoms with Crippen LogP contribution in [0.1, 0.15) is 66.9 Å². The van der Waals surface area contributed by atoms with Gasteiger partial charge in [0.2, 0.25) is 0 Å². The molecule has 2 aromatic carbocycles. The van der Waals surface area contributed by atoms with Crippen molar-refractivity contribution < 1.29 is 28.0 Å². The second kappa shape index (κ2) is 14.5. The Morgan fingerprint density at radius 1 is 1.20 bits per heavy atom. The van der Waals surface area contributed by atoms with Crippen molar-refractivity contribution >= 4 is 39.1 Å². The Morgan fingerprint density at radius 2 is 2.06 bits per heavy atom. The monoisotopic (exact) mass is 724 g/mol. The van der Waals surface area contributed by atoms with Gasteiger partial charge in [-0.1, -0.05) is 36.7 Å². The molecule has 0 aromatic heterocycles. The average molecular weight is 725 g/mol. The van der Waals surface area contributed by atoms with Crippen LogP contribution in [0.3, 0.4) is 0 Å². The highest BCUT2D eigenvalue weighted by Crippen LogP contribution is 2.47. The zero-order chi connectivity index (χ0) is 35.0. The molecule has 5 aliphatic rings. The summed E-state index contributed by atoms with van der Waals surface area (Å²) in [6, 6.07) is 10.9. The fraction of sp³-hybridized carbons (Fsp3) is 0.579. The third-order valence-corrected chi connectivity index (χ3v) is 13.6. The van der Waals surface area contributed by atoms with Crippen molar-refractivity contribution in [1.29, 1.82) is 0 Å². The number of aryl methyl sites for hydroxylation is 1. The normalized spacial score (nSPS) is 34.2. The topological polar surface area (TPSA) is 119 Å². The molecule has 0 saturated heterocycles. The molecule has 2 saturated carbocycles. The first-order chi connectivity index (χ1) is 24.1. The van der Waals surface area contributed by atoms with Crippen molar-refractivity contribution in [2.24, 2.45) is 28.0 Å². The van der Waals surface area contributed by atoms with Gasteiger partial charge >= 0.3 is 6.03 Å². The van der Waals surface area contributed by atoms with Gasteiger partial charge in [-0.15, -0.1) is 4.36 Å². The Hall–Kier alpha value is -3.12. The fourth-order valence-electron chi connectivity index (χ4n) is 8.53. The number of nitrogens with one attached hydrogen (secondary N) is 2. The zero-order valence-electron chi connectivity index (χ0n) is 29.2. The SMILES string of the molecule is COC[C@H]1C[C@H]1NC(=O)N[S@@]1(=O)=NC(=O)c2ccc3c(c2)N(C[C@@H]2CC[C@H]2[C@@H](OC)/C=C/C[C@H](C)C1)C[C@@]1(CCCc2cc(Cl)ccc21)CO3. The largest absolute Gasteiger partial charge is 0.490 e. The summed E-state index contributed by atoms with van der Waals surface area (Å²) in [4.78, 5) is 29.4. The molecule has 10 nitrogen and oxygen atoms in total. The Bertz CT molecular complexity index is 1780. The van der Waals surface area contributed by atoms with E-state index in [-0.39, 0.29) is 35.1 Å². The van der Waals surface area contributed by atoms with E-state index >= 15 is 0 Å². The molecule has 8 atom stereocenters. The first kappa shape index (κ1) is 35.3. The van der Waals surface area contributed by atoms with Gasteiger partial charge in [-0.05, 0) is 104 Å². The minimum Gasteiger partial charge on any atom is -0.490 e. The number of rotatable bonds is 5. The summed E-state index contributed by atoms with van der Waals surface area (Å²) >= 11 is 6.45. The van der Waals surface area contributed by atoms with Gasteiger partial charge in [-0.2, -0.15) is 0 Å². The third kappa shape index (κ3) is 7.43. The molecule has 3 amide bonds.